The second kappa shape index (κ2) is 13.8. The maximum atomic E-state index is 12.9. The number of benzene rings is 3. The fraction of sp³-hybridized carbons (Fsp3) is 0.300. The average molecular weight is 612 g/mol. The fourth-order valence-corrected chi connectivity index (χ4v) is 6.60. The Morgan fingerprint density at radius 2 is 1.83 bits per heavy atom. The highest BCUT2D eigenvalue weighted by Crippen LogP contribution is 2.36. The van der Waals surface area contributed by atoms with Gasteiger partial charge in [-0.05, 0) is 79.6 Å². The molecule has 1 saturated carbocycles. The fourth-order valence-electron chi connectivity index (χ4n) is 5.03. The van der Waals surface area contributed by atoms with E-state index in [9.17, 15) is 8.42 Å². The molecule has 1 aliphatic carbocycles. The molecule has 3 aromatic carbocycles. The molecule has 1 aromatic heterocycles. The first-order valence-electron chi connectivity index (χ1n) is 13.5. The molecule has 12 heteroatoms. The third-order valence-electron chi connectivity index (χ3n) is 7.14. The van der Waals surface area contributed by atoms with Crippen molar-refractivity contribution >= 4 is 50.6 Å². The summed E-state index contributed by atoms with van der Waals surface area (Å²) in [6.07, 6.45) is 6.70. The van der Waals surface area contributed by atoms with Crippen molar-refractivity contribution in [2.45, 2.75) is 56.0 Å². The number of carboxylic acid groups (broad SMARTS) is 1. The minimum atomic E-state index is -3.87. The highest BCUT2D eigenvalue weighted by atomic mass is 35.5. The lowest BCUT2D eigenvalue weighted by atomic mass is 9.92. The summed E-state index contributed by atoms with van der Waals surface area (Å²) < 4.78 is 34.1. The molecule has 0 aliphatic heterocycles. The lowest BCUT2D eigenvalue weighted by Crippen LogP contribution is -2.33. The Morgan fingerprint density at radius 3 is 2.50 bits per heavy atom. The zero-order valence-corrected chi connectivity index (χ0v) is 25.0. The molecule has 0 spiro atoms. The number of rotatable bonds is 8. The lowest BCUT2D eigenvalue weighted by molar-refractivity contribution is -0.122. The van der Waals surface area contributed by atoms with Gasteiger partial charge in [0.2, 0.25) is 5.95 Å². The molecule has 42 heavy (non-hydrogen) atoms. The van der Waals surface area contributed by atoms with Gasteiger partial charge < -0.3 is 20.9 Å². The summed E-state index contributed by atoms with van der Waals surface area (Å²) in [5.41, 5.74) is 10.2. The predicted octanol–water partition coefficient (Wildman–Crippen LogP) is 5.70. The van der Waals surface area contributed by atoms with E-state index < -0.39 is 10.0 Å². The standard InChI is InChI=1S/C29H32ClN5O3S.CH2O2/c1-3-18-14-19(15-20-17-32-29(34-28(18)20)33-22-10-8-21(31)9-11-22)24-13-12-23(16-26(24)38-2)35-39(36,37)27-7-5-4-6-25(27)30;2-1-3/h4-7,12-17,21-22,35H,3,8-11,31H2,1-2H3,(H,32,33,34);1H,(H,2,3). The van der Waals surface area contributed by atoms with E-state index in [1.54, 1.807) is 37.4 Å². The van der Waals surface area contributed by atoms with Crippen LogP contribution < -0.4 is 20.5 Å². The van der Waals surface area contributed by atoms with Crippen LogP contribution in [0.15, 0.2) is 65.7 Å². The van der Waals surface area contributed by atoms with Gasteiger partial charge in [-0.3, -0.25) is 9.52 Å². The van der Waals surface area contributed by atoms with Gasteiger partial charge in [-0.1, -0.05) is 30.7 Å². The SMILES string of the molecule is CCc1cc(-c2ccc(NS(=O)(=O)c3ccccc3Cl)cc2OC)cc2cnc(NC3CCC(N)CC3)nc12.O=CO. The number of anilines is 2. The van der Waals surface area contributed by atoms with Gasteiger partial charge in [0.15, 0.2) is 0 Å². The Balaban J connectivity index is 0.00000129. The summed E-state index contributed by atoms with van der Waals surface area (Å²) in [4.78, 5) is 17.8. The Bertz CT molecular complexity index is 1660. The minimum absolute atomic E-state index is 0.0118. The summed E-state index contributed by atoms with van der Waals surface area (Å²) >= 11 is 6.12. The molecule has 0 bridgehead atoms. The number of halogens is 1. The Hall–Kier alpha value is -3.93. The van der Waals surface area contributed by atoms with E-state index >= 15 is 0 Å². The number of ether oxygens (including phenoxy) is 1. The van der Waals surface area contributed by atoms with Gasteiger partial charge in [0.1, 0.15) is 10.6 Å². The molecule has 0 atom stereocenters. The first kappa shape index (κ1) is 31.0. The van der Waals surface area contributed by atoms with Crippen molar-refractivity contribution in [3.63, 3.8) is 0 Å². The summed E-state index contributed by atoms with van der Waals surface area (Å²) in [6.45, 7) is 1.85. The number of carbonyl (C=O) groups is 1. The number of fused-ring (bicyclic) bond motifs is 1. The van der Waals surface area contributed by atoms with E-state index in [0.29, 0.717) is 29.5 Å². The van der Waals surface area contributed by atoms with E-state index in [-0.39, 0.29) is 16.4 Å². The Labute approximate surface area is 250 Å². The molecule has 1 fully saturated rings. The Kier molecular flexibility index (Phi) is 10.2. The summed E-state index contributed by atoms with van der Waals surface area (Å²) in [7, 11) is -2.31. The third-order valence-corrected chi connectivity index (χ3v) is 9.02. The van der Waals surface area contributed by atoms with Crippen LogP contribution >= 0.6 is 11.6 Å². The number of nitrogens with zero attached hydrogens (tertiary/aromatic N) is 2. The molecular weight excluding hydrogens is 578 g/mol. The molecule has 222 valence electrons. The van der Waals surface area contributed by atoms with Crippen LogP contribution in [0.1, 0.15) is 38.2 Å². The van der Waals surface area contributed by atoms with Crippen molar-refractivity contribution in [1.29, 1.82) is 0 Å². The van der Waals surface area contributed by atoms with E-state index in [0.717, 1.165) is 59.7 Å². The van der Waals surface area contributed by atoms with Gasteiger partial charge in [0, 0.05) is 35.3 Å². The van der Waals surface area contributed by atoms with E-state index in [4.69, 9.17) is 37.0 Å². The van der Waals surface area contributed by atoms with Crippen LogP contribution in [0.5, 0.6) is 5.75 Å². The van der Waals surface area contributed by atoms with Gasteiger partial charge in [-0.2, -0.15) is 0 Å². The smallest absolute Gasteiger partial charge is 0.290 e. The molecule has 10 nitrogen and oxygen atoms in total. The molecule has 0 unspecified atom stereocenters. The number of hydrogen-bond acceptors (Lipinski definition) is 8. The number of aromatic nitrogens is 2. The molecular formula is C30H34ClN5O5S. The number of sulfonamides is 1. The van der Waals surface area contributed by atoms with Crippen LogP contribution in [0, 0.1) is 0 Å². The van der Waals surface area contributed by atoms with Crippen LogP contribution in [0.25, 0.3) is 22.0 Å². The molecule has 5 rings (SSSR count). The Morgan fingerprint density at radius 1 is 1.12 bits per heavy atom. The van der Waals surface area contributed by atoms with E-state index in [1.807, 2.05) is 18.3 Å². The molecule has 0 amide bonds. The van der Waals surface area contributed by atoms with Crippen molar-refractivity contribution < 1.29 is 23.1 Å². The van der Waals surface area contributed by atoms with Crippen molar-refractivity contribution in [3.8, 4) is 16.9 Å². The predicted molar refractivity (Wildman–Crippen MR) is 166 cm³/mol. The van der Waals surface area contributed by atoms with Crippen molar-refractivity contribution in [3.05, 3.63) is 71.4 Å². The summed E-state index contributed by atoms with van der Waals surface area (Å²) in [5, 5.41) is 11.5. The lowest BCUT2D eigenvalue weighted by Gasteiger charge is -2.26. The van der Waals surface area contributed by atoms with Gasteiger partial charge >= 0.3 is 0 Å². The van der Waals surface area contributed by atoms with Crippen LogP contribution in [0.2, 0.25) is 5.02 Å². The maximum absolute atomic E-state index is 12.9. The number of nitrogens with one attached hydrogen (secondary N) is 2. The number of hydrogen-bond donors (Lipinski definition) is 4. The first-order chi connectivity index (χ1) is 20.2. The second-order valence-electron chi connectivity index (χ2n) is 9.93. The molecule has 4 aromatic rings. The summed E-state index contributed by atoms with van der Waals surface area (Å²) in [6, 6.07) is 16.3. The number of methoxy groups -OCH3 is 1. The first-order valence-corrected chi connectivity index (χ1v) is 15.4. The quantitative estimate of drug-likeness (QED) is 0.183. The topological polar surface area (TPSA) is 157 Å². The van der Waals surface area contributed by atoms with Crippen LogP contribution in [-0.2, 0) is 21.2 Å². The summed E-state index contributed by atoms with van der Waals surface area (Å²) in [5.74, 6) is 1.17. The number of aryl methyl sites for hydroxylation is 1. The molecule has 1 aliphatic rings. The van der Waals surface area contributed by atoms with E-state index in [1.165, 1.54) is 6.07 Å². The van der Waals surface area contributed by atoms with Crippen molar-refractivity contribution in [2.75, 3.05) is 17.1 Å². The largest absolute Gasteiger partial charge is 0.496 e. The second-order valence-corrected chi connectivity index (χ2v) is 12.0. The zero-order valence-electron chi connectivity index (χ0n) is 23.4. The van der Waals surface area contributed by atoms with E-state index in [2.05, 4.69) is 28.0 Å². The number of nitrogens with two attached hydrogens (primary N) is 1. The highest BCUT2D eigenvalue weighted by Gasteiger charge is 2.21. The molecule has 0 saturated heterocycles. The third kappa shape index (κ3) is 7.28. The van der Waals surface area contributed by atoms with Gasteiger partial charge in [0.25, 0.3) is 16.5 Å². The van der Waals surface area contributed by atoms with Crippen molar-refractivity contribution in [2.24, 2.45) is 5.73 Å². The van der Waals surface area contributed by atoms with Crippen LogP contribution in [0.3, 0.4) is 0 Å². The molecule has 0 radical (unpaired) electrons. The maximum Gasteiger partial charge on any atom is 0.290 e. The monoisotopic (exact) mass is 611 g/mol. The normalized spacial score (nSPS) is 16.7. The highest BCUT2D eigenvalue weighted by molar-refractivity contribution is 7.92. The molecule has 5 N–H and O–H groups in total. The van der Waals surface area contributed by atoms with Gasteiger partial charge in [-0.25, -0.2) is 18.4 Å². The zero-order chi connectivity index (χ0) is 30.3. The van der Waals surface area contributed by atoms with Crippen molar-refractivity contribution in [1.82, 2.24) is 9.97 Å². The van der Waals surface area contributed by atoms with Crippen LogP contribution in [-0.4, -0.2) is 49.2 Å². The van der Waals surface area contributed by atoms with Gasteiger partial charge in [-0.15, -0.1) is 0 Å². The van der Waals surface area contributed by atoms with Gasteiger partial charge in [0.05, 0.1) is 23.3 Å². The average Bonchev–Trinajstić information content (AvgIpc) is 2.98. The molecule has 1 heterocycles. The minimum Gasteiger partial charge on any atom is -0.496 e. The van der Waals surface area contributed by atoms with Crippen LogP contribution in [0.4, 0.5) is 11.6 Å².